The van der Waals surface area contributed by atoms with E-state index in [2.05, 4.69) is 42.7 Å². The van der Waals surface area contributed by atoms with Gasteiger partial charge in [-0.05, 0) is 55.2 Å². The summed E-state index contributed by atoms with van der Waals surface area (Å²) in [5.41, 5.74) is 1.58. The number of unbranched alkanes of at least 4 members (excludes halogenated alkanes) is 1. The molecule has 7 heteroatoms. The second-order valence-electron chi connectivity index (χ2n) is 7.01. The predicted molar refractivity (Wildman–Crippen MR) is 114 cm³/mol. The number of fused-ring (bicyclic) bond motifs is 1. The molecular weight excluding hydrogens is 370 g/mol. The number of piperazine rings is 1. The molecule has 1 amide bonds. The van der Waals surface area contributed by atoms with Gasteiger partial charge in [0.2, 0.25) is 0 Å². The van der Waals surface area contributed by atoms with Crippen LogP contribution in [-0.4, -0.2) is 59.4 Å². The summed E-state index contributed by atoms with van der Waals surface area (Å²) in [7, 11) is 0. The lowest BCUT2D eigenvalue weighted by Gasteiger charge is -2.35. The maximum atomic E-state index is 12.0. The van der Waals surface area contributed by atoms with Crippen molar-refractivity contribution in [1.29, 1.82) is 0 Å². The number of nitrogens with zero attached hydrogens (tertiary/aromatic N) is 4. The monoisotopic (exact) mass is 395 g/mol. The van der Waals surface area contributed by atoms with E-state index in [1.165, 1.54) is 10.4 Å². The number of aromatic nitrogens is 2. The Labute approximate surface area is 169 Å². The Morgan fingerprint density at radius 1 is 1.04 bits per heavy atom. The SMILES string of the molecule is O=C(NCCCCN1CCN(c2snc3ccccc23)CC1)c1ccccn1. The predicted octanol–water partition coefficient (Wildman–Crippen LogP) is 3.02. The highest BCUT2D eigenvalue weighted by molar-refractivity contribution is 7.11. The van der Waals surface area contributed by atoms with Crippen molar-refractivity contribution >= 4 is 33.3 Å². The van der Waals surface area contributed by atoms with Gasteiger partial charge in [0.1, 0.15) is 10.7 Å². The molecule has 1 aliphatic rings. The van der Waals surface area contributed by atoms with Crippen LogP contribution in [0.3, 0.4) is 0 Å². The van der Waals surface area contributed by atoms with Crippen molar-refractivity contribution in [3.8, 4) is 0 Å². The van der Waals surface area contributed by atoms with Gasteiger partial charge in [-0.1, -0.05) is 18.2 Å². The lowest BCUT2D eigenvalue weighted by atomic mass is 10.2. The highest BCUT2D eigenvalue weighted by Gasteiger charge is 2.20. The minimum Gasteiger partial charge on any atom is -0.359 e. The zero-order valence-corrected chi connectivity index (χ0v) is 16.7. The average Bonchev–Trinajstić information content (AvgIpc) is 3.19. The molecule has 0 spiro atoms. The summed E-state index contributed by atoms with van der Waals surface area (Å²) in [5, 5.41) is 5.51. The minimum atomic E-state index is -0.0917. The zero-order valence-electron chi connectivity index (χ0n) is 15.9. The topological polar surface area (TPSA) is 61.4 Å². The van der Waals surface area contributed by atoms with Gasteiger partial charge in [0.05, 0.1) is 5.52 Å². The first-order chi connectivity index (χ1) is 13.8. The lowest BCUT2D eigenvalue weighted by molar-refractivity contribution is 0.0947. The molecule has 28 heavy (non-hydrogen) atoms. The number of amides is 1. The van der Waals surface area contributed by atoms with Crippen molar-refractivity contribution in [2.75, 3.05) is 44.2 Å². The van der Waals surface area contributed by atoms with Crippen molar-refractivity contribution in [1.82, 2.24) is 19.6 Å². The number of hydrogen-bond acceptors (Lipinski definition) is 6. The molecule has 2 aromatic heterocycles. The highest BCUT2D eigenvalue weighted by Crippen LogP contribution is 2.31. The Morgan fingerprint density at radius 3 is 2.68 bits per heavy atom. The van der Waals surface area contributed by atoms with E-state index in [0.29, 0.717) is 12.2 Å². The third kappa shape index (κ3) is 4.48. The third-order valence-corrected chi connectivity index (χ3v) is 6.05. The highest BCUT2D eigenvalue weighted by atomic mass is 32.1. The summed E-state index contributed by atoms with van der Waals surface area (Å²) >= 11 is 1.61. The molecule has 0 bridgehead atoms. The number of rotatable bonds is 7. The van der Waals surface area contributed by atoms with E-state index in [1.807, 2.05) is 18.2 Å². The molecule has 0 atom stereocenters. The molecule has 3 heterocycles. The summed E-state index contributed by atoms with van der Waals surface area (Å²) in [6.45, 7) is 6.02. The van der Waals surface area contributed by atoms with Crippen LogP contribution in [0, 0.1) is 0 Å². The number of hydrogen-bond donors (Lipinski definition) is 1. The summed E-state index contributed by atoms with van der Waals surface area (Å²) in [6, 6.07) is 13.8. The van der Waals surface area contributed by atoms with Crippen molar-refractivity contribution in [3.05, 3.63) is 54.4 Å². The fraction of sp³-hybridized carbons (Fsp3) is 0.381. The molecule has 0 unspecified atom stereocenters. The third-order valence-electron chi connectivity index (χ3n) is 5.11. The van der Waals surface area contributed by atoms with Gasteiger partial charge >= 0.3 is 0 Å². The molecule has 4 rings (SSSR count). The maximum Gasteiger partial charge on any atom is 0.269 e. The Morgan fingerprint density at radius 2 is 1.86 bits per heavy atom. The van der Waals surface area contributed by atoms with Crippen LogP contribution >= 0.6 is 11.5 Å². The van der Waals surface area contributed by atoms with Gasteiger partial charge in [0.15, 0.2) is 0 Å². The molecule has 1 N–H and O–H groups in total. The van der Waals surface area contributed by atoms with E-state index in [-0.39, 0.29) is 5.91 Å². The largest absolute Gasteiger partial charge is 0.359 e. The first kappa shape index (κ1) is 18.8. The molecule has 1 saturated heterocycles. The maximum absolute atomic E-state index is 12.0. The van der Waals surface area contributed by atoms with Crippen LogP contribution in [0.4, 0.5) is 5.00 Å². The molecule has 1 aliphatic heterocycles. The summed E-state index contributed by atoms with van der Waals surface area (Å²) in [6.07, 6.45) is 3.72. The lowest BCUT2D eigenvalue weighted by Crippen LogP contribution is -2.46. The van der Waals surface area contributed by atoms with E-state index < -0.39 is 0 Å². The van der Waals surface area contributed by atoms with Crippen LogP contribution < -0.4 is 10.2 Å². The van der Waals surface area contributed by atoms with Gasteiger partial charge in [-0.15, -0.1) is 0 Å². The Kier molecular flexibility index (Phi) is 6.14. The normalized spacial score (nSPS) is 15.1. The van der Waals surface area contributed by atoms with Crippen LogP contribution in [0.5, 0.6) is 0 Å². The Hall–Kier alpha value is -2.51. The van der Waals surface area contributed by atoms with Crippen LogP contribution in [0.2, 0.25) is 0 Å². The number of carbonyl (C=O) groups is 1. The summed E-state index contributed by atoms with van der Waals surface area (Å²) in [4.78, 5) is 21.0. The van der Waals surface area contributed by atoms with Crippen molar-refractivity contribution in [3.63, 3.8) is 0 Å². The zero-order chi connectivity index (χ0) is 19.2. The van der Waals surface area contributed by atoms with E-state index in [1.54, 1.807) is 23.8 Å². The van der Waals surface area contributed by atoms with E-state index in [4.69, 9.17) is 0 Å². The van der Waals surface area contributed by atoms with E-state index in [0.717, 1.165) is 51.1 Å². The molecule has 1 fully saturated rings. The first-order valence-corrected chi connectivity index (χ1v) is 10.6. The number of nitrogens with one attached hydrogen (secondary N) is 1. The van der Waals surface area contributed by atoms with Crippen LogP contribution in [0.15, 0.2) is 48.7 Å². The van der Waals surface area contributed by atoms with Gasteiger partial charge in [-0.3, -0.25) is 14.7 Å². The smallest absolute Gasteiger partial charge is 0.269 e. The van der Waals surface area contributed by atoms with E-state index >= 15 is 0 Å². The number of benzene rings is 1. The molecule has 146 valence electrons. The Balaban J connectivity index is 1.16. The fourth-order valence-electron chi connectivity index (χ4n) is 3.53. The first-order valence-electron chi connectivity index (χ1n) is 9.82. The average molecular weight is 396 g/mol. The van der Waals surface area contributed by atoms with Gasteiger partial charge < -0.3 is 10.2 Å². The molecule has 1 aromatic carbocycles. The molecular formula is C21H25N5OS. The Bertz CT molecular complexity index is 905. The minimum absolute atomic E-state index is 0.0917. The van der Waals surface area contributed by atoms with Crippen molar-refractivity contribution < 1.29 is 4.79 Å². The van der Waals surface area contributed by atoms with Crippen LogP contribution in [-0.2, 0) is 0 Å². The van der Waals surface area contributed by atoms with E-state index in [9.17, 15) is 4.79 Å². The number of anilines is 1. The summed E-state index contributed by atoms with van der Waals surface area (Å²) < 4.78 is 4.57. The molecule has 0 saturated carbocycles. The summed E-state index contributed by atoms with van der Waals surface area (Å²) in [5.74, 6) is -0.0917. The van der Waals surface area contributed by atoms with Crippen LogP contribution in [0.1, 0.15) is 23.3 Å². The quantitative estimate of drug-likeness (QED) is 0.623. The fourth-order valence-corrected chi connectivity index (χ4v) is 4.44. The second kappa shape index (κ2) is 9.12. The molecule has 6 nitrogen and oxygen atoms in total. The van der Waals surface area contributed by atoms with Gasteiger partial charge in [0, 0.05) is 44.3 Å². The van der Waals surface area contributed by atoms with Crippen molar-refractivity contribution in [2.45, 2.75) is 12.8 Å². The molecule has 0 aliphatic carbocycles. The molecule has 0 radical (unpaired) electrons. The van der Waals surface area contributed by atoms with Gasteiger partial charge in [-0.25, -0.2) is 0 Å². The molecule has 3 aromatic rings. The van der Waals surface area contributed by atoms with Gasteiger partial charge in [0.25, 0.3) is 5.91 Å². The number of pyridine rings is 1. The second-order valence-corrected chi connectivity index (χ2v) is 7.76. The number of carbonyl (C=O) groups excluding carboxylic acids is 1. The van der Waals surface area contributed by atoms with Crippen molar-refractivity contribution in [2.24, 2.45) is 0 Å². The standard InChI is InChI=1S/C21H25N5OS/c27-20(19-9-3-4-10-22-19)23-11-5-6-12-25-13-15-26(16-14-25)21-17-7-1-2-8-18(17)24-28-21/h1-4,7-10H,5-6,11-16H2,(H,23,27). The van der Waals surface area contributed by atoms with Gasteiger partial charge in [-0.2, -0.15) is 4.37 Å². The van der Waals surface area contributed by atoms with Crippen LogP contribution in [0.25, 0.3) is 10.9 Å².